The third-order valence-electron chi connectivity index (χ3n) is 2.54. The second-order valence-corrected chi connectivity index (χ2v) is 3.64. The van der Waals surface area contributed by atoms with E-state index in [1.54, 1.807) is 6.08 Å². The van der Waals surface area contributed by atoms with Crippen LogP contribution in [0.15, 0.2) is 12.7 Å². The van der Waals surface area contributed by atoms with E-state index in [2.05, 4.69) is 11.9 Å². The lowest BCUT2D eigenvalue weighted by atomic mass is 9.90. The van der Waals surface area contributed by atoms with E-state index in [-0.39, 0.29) is 12.3 Å². The maximum absolute atomic E-state index is 11.3. The van der Waals surface area contributed by atoms with Crippen molar-refractivity contribution in [2.45, 2.75) is 37.6 Å². The maximum Gasteiger partial charge on any atom is 0.329 e. The molecular formula is C10H15NO3. The van der Waals surface area contributed by atoms with Crippen LogP contribution in [0.3, 0.4) is 0 Å². The molecule has 4 heteroatoms. The fraction of sp³-hybridized carbons (Fsp3) is 0.600. The lowest BCUT2D eigenvalue weighted by Crippen LogP contribution is -2.53. The van der Waals surface area contributed by atoms with Gasteiger partial charge in [-0.15, -0.1) is 6.58 Å². The molecule has 2 N–H and O–H groups in total. The van der Waals surface area contributed by atoms with E-state index in [1.807, 2.05) is 0 Å². The molecule has 78 valence electrons. The van der Waals surface area contributed by atoms with E-state index in [4.69, 9.17) is 5.11 Å². The number of rotatable bonds is 3. The van der Waals surface area contributed by atoms with Crippen molar-refractivity contribution in [3.8, 4) is 0 Å². The molecule has 1 aliphatic heterocycles. The molecule has 0 bridgehead atoms. The number of carbonyl (C=O) groups excluding carboxylic acids is 1. The number of carboxylic acid groups (broad SMARTS) is 1. The van der Waals surface area contributed by atoms with Crippen molar-refractivity contribution < 1.29 is 14.7 Å². The van der Waals surface area contributed by atoms with E-state index < -0.39 is 11.5 Å². The average molecular weight is 197 g/mol. The van der Waals surface area contributed by atoms with Crippen LogP contribution in [-0.2, 0) is 9.59 Å². The molecule has 4 nitrogen and oxygen atoms in total. The van der Waals surface area contributed by atoms with E-state index in [1.165, 1.54) is 0 Å². The highest BCUT2D eigenvalue weighted by Gasteiger charge is 2.39. The fourth-order valence-corrected chi connectivity index (χ4v) is 1.75. The Morgan fingerprint density at radius 1 is 1.64 bits per heavy atom. The molecule has 0 saturated carbocycles. The minimum atomic E-state index is -1.12. The van der Waals surface area contributed by atoms with Crippen LogP contribution >= 0.6 is 0 Å². The minimum Gasteiger partial charge on any atom is -0.479 e. The molecule has 0 aliphatic carbocycles. The highest BCUT2D eigenvalue weighted by Crippen LogP contribution is 2.23. The maximum atomic E-state index is 11.3. The molecule has 1 fully saturated rings. The Labute approximate surface area is 83.0 Å². The largest absolute Gasteiger partial charge is 0.479 e. The summed E-state index contributed by atoms with van der Waals surface area (Å²) in [5.74, 6) is -1.14. The Morgan fingerprint density at radius 3 is 2.93 bits per heavy atom. The van der Waals surface area contributed by atoms with Crippen molar-refractivity contribution in [2.75, 3.05) is 0 Å². The molecule has 1 atom stereocenters. The van der Waals surface area contributed by atoms with Gasteiger partial charge in [-0.05, 0) is 25.7 Å². The predicted molar refractivity (Wildman–Crippen MR) is 51.8 cm³/mol. The van der Waals surface area contributed by atoms with Gasteiger partial charge in [0, 0.05) is 6.42 Å². The molecule has 1 rings (SSSR count). The number of carboxylic acids is 1. The Hall–Kier alpha value is -1.32. The normalized spacial score (nSPS) is 27.6. The van der Waals surface area contributed by atoms with Crippen LogP contribution in [0.1, 0.15) is 32.1 Å². The van der Waals surface area contributed by atoms with Gasteiger partial charge in [0.15, 0.2) is 0 Å². The van der Waals surface area contributed by atoms with E-state index in [0.29, 0.717) is 12.8 Å². The number of amides is 1. The summed E-state index contributed by atoms with van der Waals surface area (Å²) in [4.78, 5) is 22.4. The standard InChI is InChI=1S/C10H15NO3/c1-2-6-10(9(13)14)7-4-3-5-8(12)11-10/h2H,1,3-7H2,(H,11,12)(H,13,14)/t10-/m0/s1. The van der Waals surface area contributed by atoms with Crippen molar-refractivity contribution in [3.05, 3.63) is 12.7 Å². The van der Waals surface area contributed by atoms with Crippen molar-refractivity contribution in [2.24, 2.45) is 0 Å². The van der Waals surface area contributed by atoms with Gasteiger partial charge in [0.05, 0.1) is 0 Å². The van der Waals surface area contributed by atoms with Crippen molar-refractivity contribution in [1.29, 1.82) is 0 Å². The summed E-state index contributed by atoms with van der Waals surface area (Å²) in [6.45, 7) is 3.52. The molecule has 0 radical (unpaired) electrons. The molecule has 0 spiro atoms. The molecule has 1 aliphatic rings. The molecule has 1 saturated heterocycles. The van der Waals surface area contributed by atoms with Gasteiger partial charge in [-0.3, -0.25) is 4.79 Å². The molecule has 1 amide bonds. The van der Waals surface area contributed by atoms with Crippen LogP contribution in [0, 0.1) is 0 Å². The zero-order chi connectivity index (χ0) is 10.6. The Kier molecular flexibility index (Phi) is 3.28. The molecule has 0 unspecified atom stereocenters. The number of aliphatic carboxylic acids is 1. The third-order valence-corrected chi connectivity index (χ3v) is 2.54. The van der Waals surface area contributed by atoms with Crippen molar-refractivity contribution in [3.63, 3.8) is 0 Å². The van der Waals surface area contributed by atoms with Crippen molar-refractivity contribution in [1.82, 2.24) is 5.32 Å². The minimum absolute atomic E-state index is 0.174. The second kappa shape index (κ2) is 4.26. The summed E-state index contributed by atoms with van der Waals surface area (Å²) in [5.41, 5.74) is -1.12. The summed E-state index contributed by atoms with van der Waals surface area (Å²) < 4.78 is 0. The molecule has 14 heavy (non-hydrogen) atoms. The summed E-state index contributed by atoms with van der Waals surface area (Å²) >= 11 is 0. The first kappa shape index (κ1) is 10.8. The van der Waals surface area contributed by atoms with Gasteiger partial charge in [-0.2, -0.15) is 0 Å². The van der Waals surface area contributed by atoms with E-state index in [0.717, 1.165) is 12.8 Å². The number of hydrogen-bond donors (Lipinski definition) is 2. The quantitative estimate of drug-likeness (QED) is 0.665. The van der Waals surface area contributed by atoms with Gasteiger partial charge in [0.2, 0.25) is 5.91 Å². The van der Waals surface area contributed by atoms with Crippen molar-refractivity contribution >= 4 is 11.9 Å². The highest BCUT2D eigenvalue weighted by atomic mass is 16.4. The fourth-order valence-electron chi connectivity index (χ4n) is 1.75. The zero-order valence-electron chi connectivity index (χ0n) is 8.08. The molecular weight excluding hydrogens is 182 g/mol. The number of carbonyl (C=O) groups is 2. The van der Waals surface area contributed by atoms with Crippen LogP contribution in [-0.4, -0.2) is 22.5 Å². The average Bonchev–Trinajstić information content (AvgIpc) is 2.29. The van der Waals surface area contributed by atoms with Gasteiger partial charge in [-0.1, -0.05) is 6.08 Å². The predicted octanol–water partition coefficient (Wildman–Crippen LogP) is 1.08. The monoisotopic (exact) mass is 197 g/mol. The SMILES string of the molecule is C=CC[C@@]1(C(=O)O)CCCCC(=O)N1. The first-order valence-electron chi connectivity index (χ1n) is 4.76. The van der Waals surface area contributed by atoms with E-state index >= 15 is 0 Å². The summed E-state index contributed by atoms with van der Waals surface area (Å²) in [5, 5.41) is 11.7. The van der Waals surface area contributed by atoms with Crippen LogP contribution < -0.4 is 5.32 Å². The van der Waals surface area contributed by atoms with Crippen LogP contribution in [0.5, 0.6) is 0 Å². The van der Waals surface area contributed by atoms with Crippen LogP contribution in [0.4, 0.5) is 0 Å². The Balaban J connectivity index is 2.87. The Bertz CT molecular complexity index is 262. The lowest BCUT2D eigenvalue weighted by Gasteiger charge is -2.27. The Morgan fingerprint density at radius 2 is 2.36 bits per heavy atom. The number of hydrogen-bond acceptors (Lipinski definition) is 2. The van der Waals surface area contributed by atoms with Crippen LogP contribution in [0.25, 0.3) is 0 Å². The van der Waals surface area contributed by atoms with Crippen LogP contribution in [0.2, 0.25) is 0 Å². The smallest absolute Gasteiger partial charge is 0.329 e. The molecule has 0 aromatic heterocycles. The van der Waals surface area contributed by atoms with E-state index in [9.17, 15) is 9.59 Å². The van der Waals surface area contributed by atoms with Gasteiger partial charge in [-0.25, -0.2) is 4.79 Å². The first-order chi connectivity index (χ1) is 6.60. The topological polar surface area (TPSA) is 66.4 Å². The lowest BCUT2D eigenvalue weighted by molar-refractivity contribution is -0.147. The third kappa shape index (κ3) is 2.13. The van der Waals surface area contributed by atoms with Gasteiger partial charge in [0.25, 0.3) is 0 Å². The summed E-state index contributed by atoms with van der Waals surface area (Å²) in [7, 11) is 0. The summed E-state index contributed by atoms with van der Waals surface area (Å²) in [6, 6.07) is 0. The van der Waals surface area contributed by atoms with Gasteiger partial charge >= 0.3 is 5.97 Å². The zero-order valence-corrected chi connectivity index (χ0v) is 8.08. The second-order valence-electron chi connectivity index (χ2n) is 3.64. The molecule has 1 heterocycles. The van der Waals surface area contributed by atoms with Gasteiger partial charge < -0.3 is 10.4 Å². The summed E-state index contributed by atoms with van der Waals surface area (Å²) in [6.07, 6.45) is 4.26. The molecule has 0 aromatic rings. The van der Waals surface area contributed by atoms with Gasteiger partial charge in [0.1, 0.15) is 5.54 Å². The highest BCUT2D eigenvalue weighted by molar-refractivity contribution is 5.87. The number of nitrogens with one attached hydrogen (secondary N) is 1. The molecule has 0 aromatic carbocycles. The first-order valence-corrected chi connectivity index (χ1v) is 4.76.